The Kier molecular flexibility index (Phi) is 45.3. The van der Waals surface area contributed by atoms with Crippen LogP contribution in [0.1, 0.15) is 510 Å². The van der Waals surface area contributed by atoms with E-state index in [0.717, 1.165) is 118 Å². The Morgan fingerprint density at radius 3 is 0.413 bits per heavy atom. The highest BCUT2D eigenvalue weighted by Gasteiger charge is 2.59. The summed E-state index contributed by atoms with van der Waals surface area (Å²) in [4.78, 5) is 0. The van der Waals surface area contributed by atoms with Gasteiger partial charge in [0.05, 0.1) is 0 Å². The Bertz CT molecular complexity index is 2190. The Balaban J connectivity index is -0.000000589. The molecule has 0 saturated heterocycles. The summed E-state index contributed by atoms with van der Waals surface area (Å²) >= 11 is 0. The van der Waals surface area contributed by atoms with E-state index in [1.165, 1.54) is 167 Å². The Morgan fingerprint density at radius 1 is 0.119 bits per heavy atom. The van der Waals surface area contributed by atoms with Gasteiger partial charge in [-0.2, -0.15) is 0 Å². The lowest BCUT2D eigenvalue weighted by Crippen LogP contribution is -2.40. The van der Waals surface area contributed by atoms with Crippen LogP contribution in [-0.4, -0.2) is 0 Å². The lowest BCUT2D eigenvalue weighted by Gasteiger charge is -2.49. The van der Waals surface area contributed by atoms with E-state index < -0.39 is 0 Å². The zero-order valence-electron chi connectivity index (χ0n) is 78.9. The lowest BCUT2D eigenvalue weighted by molar-refractivity contribution is 0.0110. The molecule has 0 aromatic rings. The molecule has 662 valence electrons. The second-order valence-electron chi connectivity index (χ2n) is 54.0. The molecule has 0 spiro atoms. The zero-order chi connectivity index (χ0) is 78.9. The SMILES string of the molecule is C.C.C.C.C.C.C.CC(C)(C)C1CC(C(C)(C)C)C1.CC(C)(C)C1CC1C(C)(C)C.CC(C)(C)C1CC1C1CC1C(C)(C)C.CC(C)(C)C1CCC(C(C)(C)C)C1.CC(C)(C)C1CCC(C(C)(C)C)CC1.CC(C)(C)C1CCC(C2CCC(C(C)(C)C)C2)C1.CC(C)(C)C1CCC(C2CCC(C(C)(C)C)CC2)CC1. The molecule has 10 aliphatic rings. The first-order valence-corrected chi connectivity index (χ1v) is 45.4. The molecule has 10 aliphatic carbocycles. The fourth-order valence-corrected chi connectivity index (χ4v) is 22.3. The van der Waals surface area contributed by atoms with Gasteiger partial charge in [-0.25, -0.2) is 0 Å². The minimum atomic E-state index is 0. The quantitative estimate of drug-likeness (QED) is 0.264. The third-order valence-electron chi connectivity index (χ3n) is 31.8. The lowest BCUT2D eigenvalue weighted by atomic mass is 9.56. The van der Waals surface area contributed by atoms with Crippen molar-refractivity contribution in [3.8, 4) is 0 Å². The van der Waals surface area contributed by atoms with E-state index >= 15 is 0 Å². The number of rotatable bonds is 3. The third-order valence-corrected chi connectivity index (χ3v) is 31.8. The molecule has 0 aromatic heterocycles. The van der Waals surface area contributed by atoms with Gasteiger partial charge in [0.15, 0.2) is 0 Å². The Labute approximate surface area is 699 Å². The van der Waals surface area contributed by atoms with Crippen molar-refractivity contribution in [2.75, 3.05) is 0 Å². The molecular weight excluding hydrogens is 1310 g/mol. The smallest absolute Gasteiger partial charge is 0.0329 e. The Morgan fingerprint density at radius 2 is 0.266 bits per heavy atom. The fraction of sp³-hybridized carbons (Fsp3) is 1.00. The monoisotopic (exact) mass is 1540 g/mol. The summed E-state index contributed by atoms with van der Waals surface area (Å²) in [6, 6.07) is 0. The standard InChI is InChI=1S/C20H38.C18H34.C14H26.C14H28.C13H26.C12H24.C11H22.7CH4/c1-19(2,3)17-11-7-15(8-12-17)16-9-13-18(14-10-16)20(4,5)6;1-17(2,3)15-9-7-13(11-15)14-8-10-16(12-14)18(4,5)6;1-13(2,3)11-7-9(11)10-8-12(10)14(4,5)6;1-13(2,3)11-7-9-12(10-8-11)14(4,5)6;1-12(2,3)10-7-8-11(9-10)13(4,5)6;1-11(2,3)9-7-10(8-9)12(4,5)6;1-10(2,3)8-7-9(8)11(4,5)6;;;;;;;/h15-18H,7-14H2,1-6H3;13-16H,7-12H2,1-6H3;9-12H,7-8H2,1-6H3;11-12H,7-10H2,1-6H3;10-11H,7-9H2,1-6H3;9-10H,7-8H2,1-6H3;8-9H,7H2,1-6H3;7*1H4. The van der Waals surface area contributed by atoms with E-state index in [-0.39, 0.29) is 52.0 Å². The van der Waals surface area contributed by atoms with E-state index in [2.05, 4.69) is 291 Å². The molecule has 10 fully saturated rings. The van der Waals surface area contributed by atoms with E-state index in [0.29, 0.717) is 75.8 Å². The zero-order valence-corrected chi connectivity index (χ0v) is 78.9. The minimum absolute atomic E-state index is 0. The maximum atomic E-state index is 2.44. The summed E-state index contributed by atoms with van der Waals surface area (Å²) in [6.45, 7) is 101. The third kappa shape index (κ3) is 37.9. The molecule has 0 nitrogen and oxygen atoms in total. The Hall–Kier alpha value is 0. The maximum Gasteiger partial charge on any atom is -0.0329 e. The van der Waals surface area contributed by atoms with Gasteiger partial charge >= 0.3 is 0 Å². The molecular formula is C109H226. The first-order valence-electron chi connectivity index (χ1n) is 45.4. The summed E-state index contributed by atoms with van der Waals surface area (Å²) in [5.41, 5.74) is 7.56. The van der Waals surface area contributed by atoms with Gasteiger partial charge in [0.25, 0.3) is 0 Å². The summed E-state index contributed by atoms with van der Waals surface area (Å²) in [5.74, 6) is 20.1. The largest absolute Gasteiger partial charge is 0.0776 e. The molecule has 0 radical (unpaired) electrons. The van der Waals surface area contributed by atoms with Gasteiger partial charge in [-0.3, -0.25) is 0 Å². The summed E-state index contributed by atoms with van der Waals surface area (Å²) in [7, 11) is 0. The van der Waals surface area contributed by atoms with Crippen LogP contribution in [0, 0.1) is 194 Å². The van der Waals surface area contributed by atoms with E-state index in [1.54, 1.807) is 0 Å². The first-order chi connectivity index (χ1) is 45.4. The highest BCUT2D eigenvalue weighted by Crippen LogP contribution is 2.67. The predicted octanol–water partition coefficient (Wildman–Crippen LogP) is 38.6. The van der Waals surface area contributed by atoms with Gasteiger partial charge in [0.1, 0.15) is 0 Å². The topological polar surface area (TPSA) is 0 Å². The van der Waals surface area contributed by atoms with Crippen molar-refractivity contribution >= 4 is 0 Å². The van der Waals surface area contributed by atoms with Gasteiger partial charge in [0.2, 0.25) is 0 Å². The normalized spacial score (nSPS) is 32.9. The molecule has 0 heterocycles. The van der Waals surface area contributed by atoms with E-state index in [1.807, 2.05) is 0 Å². The van der Waals surface area contributed by atoms with Crippen LogP contribution in [0.3, 0.4) is 0 Å². The van der Waals surface area contributed by atoms with E-state index in [4.69, 9.17) is 0 Å². The van der Waals surface area contributed by atoms with Gasteiger partial charge in [-0.1, -0.05) is 343 Å². The second kappa shape index (κ2) is 42.8. The van der Waals surface area contributed by atoms with Gasteiger partial charge in [-0.15, -0.1) is 0 Å². The predicted molar refractivity (Wildman–Crippen MR) is 509 cm³/mol. The minimum Gasteiger partial charge on any atom is -0.0776 e. The van der Waals surface area contributed by atoms with Crippen molar-refractivity contribution in [1.29, 1.82) is 0 Å². The van der Waals surface area contributed by atoms with Crippen LogP contribution in [0.15, 0.2) is 0 Å². The van der Waals surface area contributed by atoms with Gasteiger partial charge in [0, 0.05) is 0 Å². The molecule has 12 atom stereocenters. The van der Waals surface area contributed by atoms with Crippen LogP contribution in [-0.2, 0) is 0 Å². The molecule has 10 rings (SSSR count). The fourth-order valence-electron chi connectivity index (χ4n) is 22.3. The van der Waals surface area contributed by atoms with Crippen LogP contribution >= 0.6 is 0 Å². The second-order valence-corrected chi connectivity index (χ2v) is 54.0. The average Bonchev–Trinajstić information content (AvgIpc) is 1.57. The maximum absolute atomic E-state index is 2.44. The van der Waals surface area contributed by atoms with Crippen LogP contribution < -0.4 is 0 Å². The van der Waals surface area contributed by atoms with E-state index in [9.17, 15) is 0 Å². The van der Waals surface area contributed by atoms with Crippen molar-refractivity contribution in [3.63, 3.8) is 0 Å². The van der Waals surface area contributed by atoms with Gasteiger partial charge < -0.3 is 0 Å². The molecule has 109 heavy (non-hydrogen) atoms. The van der Waals surface area contributed by atoms with Crippen molar-refractivity contribution in [1.82, 2.24) is 0 Å². The molecule has 0 N–H and O–H groups in total. The molecule has 0 bridgehead atoms. The molecule has 10 saturated carbocycles. The van der Waals surface area contributed by atoms with Crippen LogP contribution in [0.25, 0.3) is 0 Å². The molecule has 12 unspecified atom stereocenters. The molecule has 0 amide bonds. The number of hydrogen-bond donors (Lipinski definition) is 0. The highest BCUT2D eigenvalue weighted by molar-refractivity contribution is 5.08. The van der Waals surface area contributed by atoms with Crippen LogP contribution in [0.5, 0.6) is 0 Å². The highest BCUT2D eigenvalue weighted by atomic mass is 14.6. The van der Waals surface area contributed by atoms with Crippen molar-refractivity contribution in [3.05, 3.63) is 0 Å². The first kappa shape index (κ1) is 115. The summed E-state index contributed by atoms with van der Waals surface area (Å²) in [5, 5.41) is 0. The molecule has 0 heteroatoms. The average molecular weight is 1540 g/mol. The summed E-state index contributed by atoms with van der Waals surface area (Å²) < 4.78 is 0. The van der Waals surface area contributed by atoms with Crippen LogP contribution in [0.4, 0.5) is 0 Å². The summed E-state index contributed by atoms with van der Waals surface area (Å²) in [6.07, 6.45) is 38.6. The molecule has 0 aliphatic heterocycles. The van der Waals surface area contributed by atoms with Crippen LogP contribution in [0.2, 0.25) is 0 Å². The number of hydrogen-bond acceptors (Lipinski definition) is 0. The molecule has 0 aromatic carbocycles. The van der Waals surface area contributed by atoms with Crippen molar-refractivity contribution < 1.29 is 0 Å². The van der Waals surface area contributed by atoms with Crippen molar-refractivity contribution in [2.24, 2.45) is 194 Å². The van der Waals surface area contributed by atoms with Crippen molar-refractivity contribution in [2.45, 2.75) is 510 Å². The van der Waals surface area contributed by atoms with Gasteiger partial charge in [-0.05, 0) is 361 Å².